The van der Waals surface area contributed by atoms with Gasteiger partial charge in [0, 0.05) is 44.9 Å². The maximum absolute atomic E-state index is 12.9. The summed E-state index contributed by atoms with van der Waals surface area (Å²) in [7, 11) is -2.09. The standard InChI is InChI=1S/C20H26N4O4S/c1-16-5-3-6-17(13-16)22-19(25)23-20(9-12-28-2)8-11-24(15-20)29(26,27)18-7-4-10-21-14-18/h3-7,10,13-14H,8-9,11-12,15H2,1-2H3,(H2,22,23,25). The summed E-state index contributed by atoms with van der Waals surface area (Å²) in [5.41, 5.74) is 1.01. The number of aryl methyl sites for hydroxylation is 1. The highest BCUT2D eigenvalue weighted by atomic mass is 32.2. The Labute approximate surface area is 171 Å². The highest BCUT2D eigenvalue weighted by molar-refractivity contribution is 7.89. The van der Waals surface area contributed by atoms with Gasteiger partial charge in [0.15, 0.2) is 0 Å². The van der Waals surface area contributed by atoms with Crippen LogP contribution in [0.2, 0.25) is 0 Å². The highest BCUT2D eigenvalue weighted by Crippen LogP contribution is 2.30. The van der Waals surface area contributed by atoms with Gasteiger partial charge in [-0.25, -0.2) is 13.2 Å². The van der Waals surface area contributed by atoms with Crippen molar-refractivity contribution < 1.29 is 17.9 Å². The average Bonchev–Trinajstić information content (AvgIpc) is 3.12. The summed E-state index contributed by atoms with van der Waals surface area (Å²) in [6, 6.07) is 10.2. The Hall–Kier alpha value is -2.49. The number of hydrogen-bond donors (Lipinski definition) is 2. The monoisotopic (exact) mass is 418 g/mol. The van der Waals surface area contributed by atoms with Gasteiger partial charge in [-0.15, -0.1) is 0 Å². The van der Waals surface area contributed by atoms with Crippen molar-refractivity contribution in [2.24, 2.45) is 0 Å². The second kappa shape index (κ2) is 8.89. The van der Waals surface area contributed by atoms with E-state index in [9.17, 15) is 13.2 Å². The summed E-state index contributed by atoms with van der Waals surface area (Å²) in [5.74, 6) is 0. The van der Waals surface area contributed by atoms with Gasteiger partial charge in [0.25, 0.3) is 0 Å². The molecule has 2 aromatic rings. The number of sulfonamides is 1. The SMILES string of the molecule is COCCC1(NC(=O)Nc2cccc(C)c2)CCN(S(=O)(=O)c2cccnc2)C1. The average molecular weight is 419 g/mol. The summed E-state index contributed by atoms with van der Waals surface area (Å²) in [4.78, 5) is 16.7. The Morgan fingerprint density at radius 1 is 1.31 bits per heavy atom. The molecule has 1 fully saturated rings. The maximum atomic E-state index is 12.9. The van der Waals surface area contributed by atoms with Crippen LogP contribution in [0.4, 0.5) is 10.5 Å². The van der Waals surface area contributed by atoms with E-state index in [1.54, 1.807) is 13.2 Å². The van der Waals surface area contributed by atoms with Crippen molar-refractivity contribution in [3.63, 3.8) is 0 Å². The lowest BCUT2D eigenvalue weighted by Crippen LogP contribution is -2.53. The molecule has 1 aromatic heterocycles. The molecule has 2 amide bonds. The minimum atomic E-state index is -3.68. The molecule has 2 N–H and O–H groups in total. The summed E-state index contributed by atoms with van der Waals surface area (Å²) in [6.07, 6.45) is 3.87. The molecule has 0 saturated carbocycles. The van der Waals surface area contributed by atoms with Crippen molar-refractivity contribution in [3.8, 4) is 0 Å². The van der Waals surface area contributed by atoms with Crippen LogP contribution in [0, 0.1) is 6.92 Å². The van der Waals surface area contributed by atoms with E-state index in [2.05, 4.69) is 15.6 Å². The first-order valence-corrected chi connectivity index (χ1v) is 10.8. The van der Waals surface area contributed by atoms with E-state index < -0.39 is 15.6 Å². The van der Waals surface area contributed by atoms with Crippen LogP contribution in [-0.2, 0) is 14.8 Å². The van der Waals surface area contributed by atoms with Crippen molar-refractivity contribution in [2.75, 3.05) is 32.1 Å². The number of aromatic nitrogens is 1. The van der Waals surface area contributed by atoms with E-state index in [-0.39, 0.29) is 17.5 Å². The zero-order valence-corrected chi connectivity index (χ0v) is 17.4. The number of ether oxygens (including phenoxy) is 1. The summed E-state index contributed by atoms with van der Waals surface area (Å²) in [5, 5.41) is 5.82. The van der Waals surface area contributed by atoms with Gasteiger partial charge in [-0.2, -0.15) is 4.31 Å². The second-order valence-corrected chi connectivity index (χ2v) is 9.19. The number of benzene rings is 1. The molecule has 1 aliphatic heterocycles. The van der Waals surface area contributed by atoms with E-state index in [1.807, 2.05) is 31.2 Å². The summed E-state index contributed by atoms with van der Waals surface area (Å²) in [6.45, 7) is 2.84. The third kappa shape index (κ3) is 5.11. The molecule has 0 bridgehead atoms. The van der Waals surface area contributed by atoms with Crippen LogP contribution in [0.3, 0.4) is 0 Å². The Morgan fingerprint density at radius 2 is 2.14 bits per heavy atom. The fourth-order valence-electron chi connectivity index (χ4n) is 3.48. The Morgan fingerprint density at radius 3 is 2.83 bits per heavy atom. The van der Waals surface area contributed by atoms with E-state index in [0.29, 0.717) is 31.7 Å². The lowest BCUT2D eigenvalue weighted by atomic mass is 9.95. The molecule has 1 aromatic carbocycles. The molecule has 0 radical (unpaired) electrons. The number of nitrogens with one attached hydrogen (secondary N) is 2. The van der Waals surface area contributed by atoms with Crippen LogP contribution < -0.4 is 10.6 Å². The lowest BCUT2D eigenvalue weighted by Gasteiger charge is -2.30. The second-order valence-electron chi connectivity index (χ2n) is 7.25. The predicted octanol–water partition coefficient (Wildman–Crippen LogP) is 2.38. The molecule has 0 spiro atoms. The molecule has 8 nitrogen and oxygen atoms in total. The normalized spacial score (nSPS) is 19.8. The topological polar surface area (TPSA) is 101 Å². The number of amides is 2. The third-order valence-corrected chi connectivity index (χ3v) is 6.86. The molecule has 29 heavy (non-hydrogen) atoms. The lowest BCUT2D eigenvalue weighted by molar-refractivity contribution is 0.159. The minimum Gasteiger partial charge on any atom is -0.385 e. The molecule has 1 saturated heterocycles. The van der Waals surface area contributed by atoms with Gasteiger partial charge in [0.05, 0.1) is 5.54 Å². The summed E-state index contributed by atoms with van der Waals surface area (Å²) < 4.78 is 32.5. The fraction of sp³-hybridized carbons (Fsp3) is 0.400. The van der Waals surface area contributed by atoms with Gasteiger partial charge >= 0.3 is 6.03 Å². The highest BCUT2D eigenvalue weighted by Gasteiger charge is 2.44. The zero-order valence-electron chi connectivity index (χ0n) is 16.6. The number of methoxy groups -OCH3 is 1. The fourth-order valence-corrected chi connectivity index (χ4v) is 4.97. The molecule has 1 aliphatic rings. The molecular weight excluding hydrogens is 392 g/mol. The van der Waals surface area contributed by atoms with Gasteiger partial charge in [-0.05, 0) is 49.6 Å². The van der Waals surface area contributed by atoms with E-state index in [0.717, 1.165) is 5.56 Å². The number of nitrogens with zero attached hydrogens (tertiary/aromatic N) is 2. The molecule has 0 aliphatic carbocycles. The molecular formula is C20H26N4O4S. The van der Waals surface area contributed by atoms with E-state index >= 15 is 0 Å². The predicted molar refractivity (Wildman–Crippen MR) is 110 cm³/mol. The summed E-state index contributed by atoms with van der Waals surface area (Å²) >= 11 is 0. The number of rotatable bonds is 7. The van der Waals surface area contributed by atoms with Gasteiger partial charge < -0.3 is 15.4 Å². The third-order valence-electron chi connectivity index (χ3n) is 5.03. The molecule has 1 atom stereocenters. The van der Waals surface area contributed by atoms with Gasteiger partial charge in [-0.3, -0.25) is 4.98 Å². The van der Waals surface area contributed by atoms with Crippen molar-refractivity contribution in [3.05, 3.63) is 54.4 Å². The molecule has 3 rings (SSSR count). The number of urea groups is 1. The van der Waals surface area contributed by atoms with Gasteiger partial charge in [-0.1, -0.05) is 12.1 Å². The maximum Gasteiger partial charge on any atom is 0.319 e. The number of pyridine rings is 1. The van der Waals surface area contributed by atoms with Crippen LogP contribution in [0.5, 0.6) is 0 Å². The van der Waals surface area contributed by atoms with Crippen molar-refractivity contribution >= 4 is 21.7 Å². The smallest absolute Gasteiger partial charge is 0.319 e. The minimum absolute atomic E-state index is 0.145. The first-order chi connectivity index (χ1) is 13.8. The van der Waals surface area contributed by atoms with E-state index in [4.69, 9.17) is 4.74 Å². The largest absolute Gasteiger partial charge is 0.385 e. The Kier molecular flexibility index (Phi) is 6.51. The molecule has 9 heteroatoms. The molecule has 1 unspecified atom stereocenters. The quantitative estimate of drug-likeness (QED) is 0.719. The first kappa shape index (κ1) is 21.2. The van der Waals surface area contributed by atoms with Gasteiger partial charge in [0.2, 0.25) is 10.0 Å². The number of carbonyl (C=O) groups is 1. The van der Waals surface area contributed by atoms with Crippen molar-refractivity contribution in [2.45, 2.75) is 30.2 Å². The van der Waals surface area contributed by atoms with E-state index in [1.165, 1.54) is 22.8 Å². The number of anilines is 1. The Balaban J connectivity index is 1.75. The van der Waals surface area contributed by atoms with Crippen molar-refractivity contribution in [1.29, 1.82) is 0 Å². The number of carbonyl (C=O) groups excluding carboxylic acids is 1. The van der Waals surface area contributed by atoms with Crippen LogP contribution in [0.25, 0.3) is 0 Å². The van der Waals surface area contributed by atoms with Crippen LogP contribution in [0.15, 0.2) is 53.7 Å². The van der Waals surface area contributed by atoms with Crippen LogP contribution in [-0.4, -0.2) is 56.1 Å². The van der Waals surface area contributed by atoms with Gasteiger partial charge in [0.1, 0.15) is 4.90 Å². The molecule has 2 heterocycles. The van der Waals surface area contributed by atoms with Crippen LogP contribution in [0.1, 0.15) is 18.4 Å². The van der Waals surface area contributed by atoms with Crippen molar-refractivity contribution in [1.82, 2.24) is 14.6 Å². The van der Waals surface area contributed by atoms with Crippen LogP contribution >= 0.6 is 0 Å². The number of hydrogen-bond acceptors (Lipinski definition) is 5. The first-order valence-electron chi connectivity index (χ1n) is 9.40. The zero-order chi connectivity index (χ0) is 20.9. The Bertz CT molecular complexity index is 952. The molecule has 156 valence electrons.